The molecule has 0 atom stereocenters. The maximum Gasteiger partial charge on any atom is 0.250 e. The summed E-state index contributed by atoms with van der Waals surface area (Å²) < 4.78 is 0. The fourth-order valence-corrected chi connectivity index (χ4v) is 2.09. The summed E-state index contributed by atoms with van der Waals surface area (Å²) in [5.74, 6) is -0.495. The van der Waals surface area contributed by atoms with E-state index in [1.54, 1.807) is 23.5 Å². The summed E-state index contributed by atoms with van der Waals surface area (Å²) in [7, 11) is 0. The molecule has 0 bridgehead atoms. The Bertz CT molecular complexity index is 491. The maximum absolute atomic E-state index is 11.1. The Morgan fingerprint density at radius 2 is 2.07 bits per heavy atom. The molecule has 1 heterocycles. The van der Waals surface area contributed by atoms with E-state index in [1.807, 2.05) is 23.6 Å². The second-order valence-electron chi connectivity index (χ2n) is 3.14. The average molecular weight is 218 g/mol. The van der Waals surface area contributed by atoms with E-state index in [0.29, 0.717) is 11.3 Å². The molecule has 0 fully saturated rings. The Balaban J connectivity index is 2.52. The van der Waals surface area contributed by atoms with Crippen LogP contribution >= 0.6 is 11.3 Å². The fourth-order valence-electron chi connectivity index (χ4n) is 1.37. The van der Waals surface area contributed by atoms with Gasteiger partial charge in [0, 0.05) is 10.6 Å². The largest absolute Gasteiger partial charge is 0.398 e. The van der Waals surface area contributed by atoms with Crippen molar-refractivity contribution in [1.29, 1.82) is 0 Å². The van der Waals surface area contributed by atoms with Crippen molar-refractivity contribution in [2.24, 2.45) is 5.73 Å². The fraction of sp³-hybridized carbons (Fsp3) is 0. The molecule has 76 valence electrons. The van der Waals surface area contributed by atoms with Crippen molar-refractivity contribution in [3.8, 4) is 10.4 Å². The van der Waals surface area contributed by atoms with Gasteiger partial charge in [-0.15, -0.1) is 11.3 Å². The Hall–Kier alpha value is -1.81. The van der Waals surface area contributed by atoms with Crippen LogP contribution in [0.3, 0.4) is 0 Å². The summed E-state index contributed by atoms with van der Waals surface area (Å²) in [6, 6.07) is 9.26. The summed E-state index contributed by atoms with van der Waals surface area (Å²) in [6.45, 7) is 0. The predicted molar refractivity (Wildman–Crippen MR) is 62.7 cm³/mol. The zero-order valence-corrected chi connectivity index (χ0v) is 8.75. The monoisotopic (exact) mass is 218 g/mol. The van der Waals surface area contributed by atoms with Crippen molar-refractivity contribution in [2.75, 3.05) is 5.73 Å². The molecule has 1 amide bonds. The second-order valence-corrected chi connectivity index (χ2v) is 4.09. The van der Waals surface area contributed by atoms with Gasteiger partial charge in [0.1, 0.15) is 0 Å². The first-order chi connectivity index (χ1) is 7.18. The van der Waals surface area contributed by atoms with Crippen LogP contribution in [-0.4, -0.2) is 5.91 Å². The van der Waals surface area contributed by atoms with Gasteiger partial charge in [-0.3, -0.25) is 4.79 Å². The topological polar surface area (TPSA) is 69.1 Å². The van der Waals surface area contributed by atoms with Crippen LogP contribution in [0.15, 0.2) is 35.7 Å². The average Bonchev–Trinajstić information content (AvgIpc) is 2.71. The molecule has 0 unspecified atom stereocenters. The number of amides is 1. The van der Waals surface area contributed by atoms with Crippen molar-refractivity contribution in [2.45, 2.75) is 0 Å². The molecular weight excluding hydrogens is 208 g/mol. The van der Waals surface area contributed by atoms with Crippen molar-refractivity contribution < 1.29 is 4.79 Å². The molecule has 2 aromatic rings. The number of carbonyl (C=O) groups excluding carboxylic acids is 1. The molecule has 1 aromatic heterocycles. The molecule has 15 heavy (non-hydrogen) atoms. The number of thiophene rings is 1. The van der Waals surface area contributed by atoms with Gasteiger partial charge in [-0.05, 0) is 29.1 Å². The van der Waals surface area contributed by atoms with Crippen LogP contribution in [0.2, 0.25) is 0 Å². The molecule has 4 N–H and O–H groups in total. The molecule has 4 heteroatoms. The molecule has 0 radical (unpaired) electrons. The van der Waals surface area contributed by atoms with Crippen LogP contribution in [-0.2, 0) is 0 Å². The van der Waals surface area contributed by atoms with Crippen molar-refractivity contribution in [3.63, 3.8) is 0 Å². The standard InChI is InChI=1S/C11H10N2OS/c12-9-4-3-7(6-8(9)11(13)14)10-2-1-5-15-10/h1-6H,12H2,(H2,13,14). The Labute approximate surface area is 91.3 Å². The number of hydrogen-bond acceptors (Lipinski definition) is 3. The number of nitrogen functional groups attached to an aromatic ring is 1. The van der Waals surface area contributed by atoms with Gasteiger partial charge in [0.05, 0.1) is 5.56 Å². The molecule has 0 spiro atoms. The van der Waals surface area contributed by atoms with Crippen molar-refractivity contribution in [3.05, 3.63) is 41.3 Å². The zero-order chi connectivity index (χ0) is 10.8. The summed E-state index contributed by atoms with van der Waals surface area (Å²) in [6.07, 6.45) is 0. The van der Waals surface area contributed by atoms with E-state index in [2.05, 4.69) is 0 Å². The molecule has 0 saturated heterocycles. The molecule has 3 nitrogen and oxygen atoms in total. The third-order valence-electron chi connectivity index (χ3n) is 2.12. The van der Waals surface area contributed by atoms with Crippen LogP contribution in [0.25, 0.3) is 10.4 Å². The van der Waals surface area contributed by atoms with Crippen LogP contribution in [0.5, 0.6) is 0 Å². The Kier molecular flexibility index (Phi) is 2.43. The molecule has 0 saturated carbocycles. The lowest BCUT2D eigenvalue weighted by Gasteiger charge is -2.04. The highest BCUT2D eigenvalue weighted by Gasteiger charge is 2.07. The first-order valence-corrected chi connectivity index (χ1v) is 5.29. The van der Waals surface area contributed by atoms with E-state index in [9.17, 15) is 4.79 Å². The van der Waals surface area contributed by atoms with Gasteiger partial charge in [-0.1, -0.05) is 12.1 Å². The van der Waals surface area contributed by atoms with Crippen molar-refractivity contribution in [1.82, 2.24) is 0 Å². The van der Waals surface area contributed by atoms with E-state index < -0.39 is 5.91 Å². The van der Waals surface area contributed by atoms with Gasteiger partial charge < -0.3 is 11.5 Å². The van der Waals surface area contributed by atoms with Gasteiger partial charge in [0.25, 0.3) is 5.91 Å². The van der Waals surface area contributed by atoms with E-state index in [4.69, 9.17) is 11.5 Å². The normalized spacial score (nSPS) is 10.1. The quantitative estimate of drug-likeness (QED) is 0.758. The highest BCUT2D eigenvalue weighted by molar-refractivity contribution is 7.13. The Morgan fingerprint density at radius 1 is 1.27 bits per heavy atom. The van der Waals surface area contributed by atoms with Gasteiger partial charge in [0.15, 0.2) is 0 Å². The number of hydrogen-bond donors (Lipinski definition) is 2. The van der Waals surface area contributed by atoms with Crippen LogP contribution in [0.4, 0.5) is 5.69 Å². The minimum Gasteiger partial charge on any atom is -0.398 e. The number of rotatable bonds is 2. The molecule has 0 aliphatic rings. The van der Waals surface area contributed by atoms with E-state index in [0.717, 1.165) is 10.4 Å². The van der Waals surface area contributed by atoms with Gasteiger partial charge in [0.2, 0.25) is 0 Å². The number of primary amides is 1. The minimum atomic E-state index is -0.495. The first-order valence-electron chi connectivity index (χ1n) is 4.41. The lowest BCUT2D eigenvalue weighted by Crippen LogP contribution is -2.13. The van der Waals surface area contributed by atoms with Gasteiger partial charge in [-0.2, -0.15) is 0 Å². The third-order valence-corrected chi connectivity index (χ3v) is 3.04. The lowest BCUT2D eigenvalue weighted by molar-refractivity contribution is 0.100. The number of nitrogens with two attached hydrogens (primary N) is 2. The lowest BCUT2D eigenvalue weighted by atomic mass is 10.1. The first kappa shape index (κ1) is 9.73. The minimum absolute atomic E-state index is 0.376. The molecule has 0 aliphatic heterocycles. The van der Waals surface area contributed by atoms with E-state index >= 15 is 0 Å². The van der Waals surface area contributed by atoms with Gasteiger partial charge >= 0.3 is 0 Å². The second kappa shape index (κ2) is 3.74. The smallest absolute Gasteiger partial charge is 0.250 e. The van der Waals surface area contributed by atoms with E-state index in [1.165, 1.54) is 0 Å². The van der Waals surface area contributed by atoms with Crippen molar-refractivity contribution >= 4 is 22.9 Å². The predicted octanol–water partition coefficient (Wildman–Crippen LogP) is 2.10. The molecule has 2 rings (SSSR count). The summed E-state index contributed by atoms with van der Waals surface area (Å²) >= 11 is 1.61. The Morgan fingerprint density at radius 3 is 2.67 bits per heavy atom. The SMILES string of the molecule is NC(=O)c1cc(-c2cccs2)ccc1N. The highest BCUT2D eigenvalue weighted by atomic mass is 32.1. The maximum atomic E-state index is 11.1. The summed E-state index contributed by atoms with van der Waals surface area (Å²) in [5.41, 5.74) is 12.6. The zero-order valence-electron chi connectivity index (χ0n) is 7.94. The highest BCUT2D eigenvalue weighted by Crippen LogP contribution is 2.27. The van der Waals surface area contributed by atoms with Gasteiger partial charge in [-0.25, -0.2) is 0 Å². The van der Waals surface area contributed by atoms with Crippen LogP contribution < -0.4 is 11.5 Å². The molecule has 1 aromatic carbocycles. The number of anilines is 1. The third kappa shape index (κ3) is 1.85. The number of carbonyl (C=O) groups is 1. The summed E-state index contributed by atoms with van der Waals surface area (Å²) in [5, 5.41) is 1.98. The number of benzene rings is 1. The van der Waals surface area contributed by atoms with E-state index in [-0.39, 0.29) is 0 Å². The van der Waals surface area contributed by atoms with Crippen LogP contribution in [0.1, 0.15) is 10.4 Å². The summed E-state index contributed by atoms with van der Waals surface area (Å²) in [4.78, 5) is 12.2. The molecule has 0 aliphatic carbocycles. The molecular formula is C11H10N2OS. The van der Waals surface area contributed by atoms with Crippen LogP contribution in [0, 0.1) is 0 Å².